The number of aromatic nitrogens is 1. The second kappa shape index (κ2) is 7.44. The molecular formula is C16H15N3O3S3. The van der Waals surface area contributed by atoms with E-state index < -0.39 is 10.0 Å². The molecule has 3 rings (SSSR count). The molecule has 130 valence electrons. The van der Waals surface area contributed by atoms with Gasteiger partial charge in [-0.25, -0.2) is 13.4 Å². The third-order valence-electron chi connectivity index (χ3n) is 3.41. The summed E-state index contributed by atoms with van der Waals surface area (Å²) in [6.07, 6.45) is 1.59. The lowest BCUT2D eigenvalue weighted by atomic mass is 10.2. The van der Waals surface area contributed by atoms with E-state index >= 15 is 0 Å². The smallest absolute Gasteiger partial charge is 0.267 e. The van der Waals surface area contributed by atoms with Gasteiger partial charge >= 0.3 is 0 Å². The zero-order valence-corrected chi connectivity index (χ0v) is 15.7. The van der Waals surface area contributed by atoms with Gasteiger partial charge in [0.25, 0.3) is 5.91 Å². The van der Waals surface area contributed by atoms with Crippen LogP contribution in [0.4, 0.5) is 5.13 Å². The largest absolute Gasteiger partial charge is 0.297 e. The first-order valence-corrected chi connectivity index (χ1v) is 10.5. The van der Waals surface area contributed by atoms with E-state index in [4.69, 9.17) is 0 Å². The summed E-state index contributed by atoms with van der Waals surface area (Å²) in [6.45, 7) is 0.264. The molecular weight excluding hydrogens is 378 g/mol. The highest BCUT2D eigenvalue weighted by atomic mass is 32.2. The van der Waals surface area contributed by atoms with Crippen LogP contribution in [0, 0.1) is 0 Å². The van der Waals surface area contributed by atoms with Gasteiger partial charge in [-0.05, 0) is 11.6 Å². The van der Waals surface area contributed by atoms with E-state index in [1.54, 1.807) is 11.6 Å². The van der Waals surface area contributed by atoms with Crippen molar-refractivity contribution in [3.05, 3.63) is 63.8 Å². The lowest BCUT2D eigenvalue weighted by molar-refractivity contribution is 0.103. The topological polar surface area (TPSA) is 79.4 Å². The van der Waals surface area contributed by atoms with Crippen molar-refractivity contribution in [3.63, 3.8) is 0 Å². The fourth-order valence-corrected chi connectivity index (χ4v) is 4.96. The highest BCUT2D eigenvalue weighted by molar-refractivity contribution is 7.89. The van der Waals surface area contributed by atoms with E-state index in [-0.39, 0.29) is 17.3 Å². The molecule has 1 N–H and O–H groups in total. The molecule has 25 heavy (non-hydrogen) atoms. The number of benzene rings is 1. The number of carbonyl (C=O) groups excluding carboxylic acids is 1. The van der Waals surface area contributed by atoms with Gasteiger partial charge in [-0.15, -0.1) is 22.7 Å². The van der Waals surface area contributed by atoms with Crippen LogP contribution in [0.5, 0.6) is 0 Å². The zero-order chi connectivity index (χ0) is 17.9. The Kier molecular flexibility index (Phi) is 5.28. The first kappa shape index (κ1) is 17.7. The number of amides is 1. The van der Waals surface area contributed by atoms with E-state index in [1.807, 2.05) is 30.3 Å². The normalized spacial score (nSPS) is 11.6. The van der Waals surface area contributed by atoms with Crippen LogP contribution in [-0.2, 0) is 16.6 Å². The molecule has 1 amide bonds. The van der Waals surface area contributed by atoms with Crippen molar-refractivity contribution < 1.29 is 13.2 Å². The second-order valence-corrected chi connectivity index (χ2v) is 9.04. The summed E-state index contributed by atoms with van der Waals surface area (Å²) in [6, 6.07) is 10.7. The highest BCUT2D eigenvalue weighted by Crippen LogP contribution is 2.24. The number of thiazole rings is 1. The van der Waals surface area contributed by atoms with Gasteiger partial charge < -0.3 is 0 Å². The fraction of sp³-hybridized carbons (Fsp3) is 0.125. The highest BCUT2D eigenvalue weighted by Gasteiger charge is 2.24. The van der Waals surface area contributed by atoms with Crippen LogP contribution in [0.3, 0.4) is 0 Å². The number of rotatable bonds is 6. The molecule has 0 atom stereocenters. The van der Waals surface area contributed by atoms with Gasteiger partial charge in [0.2, 0.25) is 10.0 Å². The summed E-state index contributed by atoms with van der Waals surface area (Å²) in [5.41, 5.74) is 0.894. The van der Waals surface area contributed by atoms with Crippen LogP contribution in [0.2, 0.25) is 0 Å². The van der Waals surface area contributed by atoms with Crippen LogP contribution in [0.15, 0.2) is 58.3 Å². The molecule has 0 aliphatic carbocycles. The van der Waals surface area contributed by atoms with Gasteiger partial charge in [0, 0.05) is 30.5 Å². The lowest BCUT2D eigenvalue weighted by Gasteiger charge is -2.16. The maximum absolute atomic E-state index is 12.7. The minimum atomic E-state index is -3.66. The van der Waals surface area contributed by atoms with Crippen molar-refractivity contribution in [2.75, 3.05) is 12.4 Å². The zero-order valence-electron chi connectivity index (χ0n) is 13.2. The van der Waals surface area contributed by atoms with Crippen LogP contribution >= 0.6 is 22.7 Å². The molecule has 6 nitrogen and oxygen atoms in total. The van der Waals surface area contributed by atoms with E-state index in [2.05, 4.69) is 10.3 Å². The van der Waals surface area contributed by atoms with Gasteiger partial charge in [-0.3, -0.25) is 10.1 Å². The summed E-state index contributed by atoms with van der Waals surface area (Å²) in [5, 5.41) is 6.35. The predicted octanol–water partition coefficient (Wildman–Crippen LogP) is 3.28. The number of nitrogens with zero attached hydrogens (tertiary/aromatic N) is 2. The standard InChI is InChI=1S/C16H15N3O3S3/c1-19(10-12-5-3-2-4-6-12)25(21,22)13-9-14(24-11-13)15(20)18-16-17-7-8-23-16/h2-9,11H,10H2,1H3,(H,17,18,20). The summed E-state index contributed by atoms with van der Waals surface area (Å²) >= 11 is 2.39. The van der Waals surface area contributed by atoms with Crippen molar-refractivity contribution >= 4 is 43.7 Å². The first-order chi connectivity index (χ1) is 12.0. The summed E-state index contributed by atoms with van der Waals surface area (Å²) in [5.74, 6) is -0.368. The number of thiophene rings is 1. The van der Waals surface area contributed by atoms with Crippen LogP contribution in [0.25, 0.3) is 0 Å². The predicted molar refractivity (Wildman–Crippen MR) is 99.5 cm³/mol. The summed E-state index contributed by atoms with van der Waals surface area (Å²) in [4.78, 5) is 16.6. The molecule has 0 spiro atoms. The third-order valence-corrected chi connectivity index (χ3v) is 6.96. The number of nitrogens with one attached hydrogen (secondary N) is 1. The van der Waals surface area contributed by atoms with Crippen LogP contribution in [-0.4, -0.2) is 30.7 Å². The Hall–Kier alpha value is -2.07. The van der Waals surface area contributed by atoms with Gasteiger partial charge in [0.1, 0.15) is 0 Å². The van der Waals surface area contributed by atoms with Gasteiger partial charge in [-0.2, -0.15) is 4.31 Å². The maximum atomic E-state index is 12.7. The first-order valence-electron chi connectivity index (χ1n) is 7.26. The molecule has 9 heteroatoms. The molecule has 0 aliphatic heterocycles. The maximum Gasteiger partial charge on any atom is 0.267 e. The third kappa shape index (κ3) is 4.13. The minimum absolute atomic E-state index is 0.111. The van der Waals surface area contributed by atoms with Gasteiger partial charge in [0.05, 0.1) is 9.77 Å². The van der Waals surface area contributed by atoms with Crippen LogP contribution in [0.1, 0.15) is 15.2 Å². The molecule has 0 unspecified atom stereocenters. The number of hydrogen-bond acceptors (Lipinski definition) is 6. The van der Waals surface area contributed by atoms with Crippen molar-refractivity contribution in [2.24, 2.45) is 0 Å². The second-order valence-electron chi connectivity index (χ2n) is 5.18. The molecule has 0 bridgehead atoms. The van der Waals surface area contributed by atoms with Crippen molar-refractivity contribution in [3.8, 4) is 0 Å². The van der Waals surface area contributed by atoms with Crippen molar-refractivity contribution in [2.45, 2.75) is 11.4 Å². The monoisotopic (exact) mass is 393 g/mol. The van der Waals surface area contributed by atoms with Crippen molar-refractivity contribution in [1.82, 2.24) is 9.29 Å². The molecule has 1 aromatic carbocycles. The van der Waals surface area contributed by atoms with Gasteiger partial charge in [-0.1, -0.05) is 30.3 Å². The number of sulfonamides is 1. The molecule has 0 fully saturated rings. The summed E-state index contributed by atoms with van der Waals surface area (Å²) < 4.78 is 26.6. The minimum Gasteiger partial charge on any atom is -0.297 e. The Labute approximate surface area is 153 Å². The number of anilines is 1. The average Bonchev–Trinajstić information content (AvgIpc) is 3.27. The summed E-state index contributed by atoms with van der Waals surface area (Å²) in [7, 11) is -2.14. The number of hydrogen-bond donors (Lipinski definition) is 1. The SMILES string of the molecule is CN(Cc1ccccc1)S(=O)(=O)c1csc(C(=O)Nc2nccs2)c1. The Morgan fingerprint density at radius 1 is 1.24 bits per heavy atom. The Balaban J connectivity index is 1.74. The van der Waals surface area contributed by atoms with Crippen LogP contribution < -0.4 is 5.32 Å². The average molecular weight is 394 g/mol. The molecule has 0 radical (unpaired) electrons. The Morgan fingerprint density at radius 3 is 2.68 bits per heavy atom. The Bertz CT molecular complexity index is 951. The number of carbonyl (C=O) groups is 1. The van der Waals surface area contributed by atoms with E-state index in [1.165, 1.54) is 34.1 Å². The quantitative estimate of drug-likeness (QED) is 0.697. The van der Waals surface area contributed by atoms with Gasteiger partial charge in [0.15, 0.2) is 5.13 Å². The van der Waals surface area contributed by atoms with E-state index in [0.29, 0.717) is 10.0 Å². The molecule has 0 saturated carbocycles. The molecule has 2 heterocycles. The molecule has 0 aliphatic rings. The van der Waals surface area contributed by atoms with E-state index in [9.17, 15) is 13.2 Å². The van der Waals surface area contributed by atoms with E-state index in [0.717, 1.165) is 16.9 Å². The van der Waals surface area contributed by atoms with Crippen molar-refractivity contribution in [1.29, 1.82) is 0 Å². The fourth-order valence-electron chi connectivity index (χ4n) is 2.12. The molecule has 2 aromatic heterocycles. The lowest BCUT2D eigenvalue weighted by Crippen LogP contribution is -2.26. The Morgan fingerprint density at radius 2 is 2.00 bits per heavy atom. The molecule has 3 aromatic rings. The molecule has 0 saturated heterocycles.